The number of hydrogen-bond acceptors (Lipinski definition) is 0. The Bertz CT molecular complexity index is 779. The molecule has 1 aromatic rings. The third-order valence-electron chi connectivity index (χ3n) is 9.81. The zero-order valence-electron chi connectivity index (χ0n) is 22.2. The Kier molecular flexibility index (Phi) is 10.2. The first-order valence-corrected chi connectivity index (χ1v) is 15.0. The first-order valence-electron chi connectivity index (χ1n) is 15.0. The Labute approximate surface area is 211 Å². The van der Waals surface area contributed by atoms with Crippen molar-refractivity contribution in [1.82, 2.24) is 0 Å². The Morgan fingerprint density at radius 1 is 0.735 bits per heavy atom. The van der Waals surface area contributed by atoms with Crippen molar-refractivity contribution in [3.8, 4) is 11.8 Å². The van der Waals surface area contributed by atoms with E-state index in [9.17, 15) is 0 Å². The van der Waals surface area contributed by atoms with E-state index in [2.05, 4.69) is 62.1 Å². The van der Waals surface area contributed by atoms with E-state index in [1.54, 1.807) is 0 Å². The number of rotatable bonds is 7. The summed E-state index contributed by atoms with van der Waals surface area (Å²) >= 11 is 0. The van der Waals surface area contributed by atoms with Crippen LogP contribution in [0.25, 0.3) is 0 Å². The molecule has 0 radical (unpaired) electrons. The molecule has 0 heteroatoms. The summed E-state index contributed by atoms with van der Waals surface area (Å²) in [6.45, 7) is 4.68. The van der Waals surface area contributed by atoms with Crippen LogP contribution in [-0.2, 0) is 0 Å². The number of unbranched alkanes of at least 4 members (excludes halogenated alkanes) is 1. The zero-order chi connectivity index (χ0) is 23.6. The van der Waals surface area contributed by atoms with Crippen molar-refractivity contribution in [2.24, 2.45) is 29.6 Å². The van der Waals surface area contributed by atoms with E-state index < -0.39 is 0 Å². The van der Waals surface area contributed by atoms with Gasteiger partial charge in [-0.25, -0.2) is 0 Å². The van der Waals surface area contributed by atoms with Crippen LogP contribution in [-0.4, -0.2) is 0 Å². The molecule has 3 aliphatic rings. The van der Waals surface area contributed by atoms with Crippen LogP contribution in [0.1, 0.15) is 134 Å². The van der Waals surface area contributed by atoms with Crippen LogP contribution in [0.3, 0.4) is 0 Å². The molecule has 3 fully saturated rings. The summed E-state index contributed by atoms with van der Waals surface area (Å²) in [4.78, 5) is 0. The van der Waals surface area contributed by atoms with Crippen molar-refractivity contribution in [1.29, 1.82) is 0 Å². The minimum Gasteiger partial charge on any atom is -0.0730 e. The lowest BCUT2D eigenvalue weighted by molar-refractivity contribution is 0.152. The lowest BCUT2D eigenvalue weighted by Crippen LogP contribution is -2.25. The van der Waals surface area contributed by atoms with E-state index in [0.717, 1.165) is 41.1 Å². The van der Waals surface area contributed by atoms with Gasteiger partial charge >= 0.3 is 0 Å². The van der Waals surface area contributed by atoms with Crippen molar-refractivity contribution in [2.75, 3.05) is 0 Å². The molecule has 0 N–H and O–H groups in total. The van der Waals surface area contributed by atoms with Crippen molar-refractivity contribution in [3.05, 3.63) is 47.5 Å². The van der Waals surface area contributed by atoms with Crippen LogP contribution in [0.15, 0.2) is 36.4 Å². The SMILES string of the molecule is CCCCC1CCC(C2CCC(/C=C/C#Cc3ccc(C4CCC(CC)CC4)cc3)CC2)CC1. The summed E-state index contributed by atoms with van der Waals surface area (Å²) in [6, 6.07) is 9.15. The predicted octanol–water partition coefficient (Wildman–Crippen LogP) is 10.1. The van der Waals surface area contributed by atoms with Crippen LogP contribution in [0.2, 0.25) is 0 Å². The van der Waals surface area contributed by atoms with Gasteiger partial charge in [0.1, 0.15) is 0 Å². The molecule has 0 aromatic heterocycles. The summed E-state index contributed by atoms with van der Waals surface area (Å²) < 4.78 is 0. The highest BCUT2D eigenvalue weighted by molar-refractivity contribution is 5.39. The standard InChI is InChI=1S/C34H50/c1-3-5-8-28-13-21-33(22-14-28)34-25-17-30(18-26-34)10-7-6-9-29-15-23-32(24-16-29)31-19-11-27(4-2)12-20-31/h7,10,15-16,23-24,27-28,30-31,33-34H,3-5,8,11-14,17-22,25-26H2,1-2H3/b10-7+. The normalized spacial score (nSPS) is 32.3. The van der Waals surface area contributed by atoms with Crippen molar-refractivity contribution < 1.29 is 0 Å². The van der Waals surface area contributed by atoms with Gasteiger partial charge in [0.05, 0.1) is 0 Å². The quantitative estimate of drug-likeness (QED) is 0.356. The molecule has 4 rings (SSSR count). The second-order valence-corrected chi connectivity index (χ2v) is 12.0. The smallest absolute Gasteiger partial charge is 0.0249 e. The highest BCUT2D eigenvalue weighted by Crippen LogP contribution is 2.42. The lowest BCUT2D eigenvalue weighted by atomic mass is 9.68. The minimum atomic E-state index is 0.757. The maximum absolute atomic E-state index is 3.37. The van der Waals surface area contributed by atoms with Crippen LogP contribution >= 0.6 is 0 Å². The Balaban J connectivity index is 1.16. The number of benzene rings is 1. The lowest BCUT2D eigenvalue weighted by Gasteiger charge is -2.37. The van der Waals surface area contributed by atoms with Crippen LogP contribution in [0.5, 0.6) is 0 Å². The molecule has 0 atom stereocenters. The summed E-state index contributed by atoms with van der Waals surface area (Å²) in [5.74, 6) is 12.3. The van der Waals surface area contributed by atoms with Gasteiger partial charge in [-0.05, 0) is 123 Å². The van der Waals surface area contributed by atoms with E-state index >= 15 is 0 Å². The van der Waals surface area contributed by atoms with Gasteiger partial charge in [-0.3, -0.25) is 0 Å². The first-order chi connectivity index (χ1) is 16.7. The molecule has 0 heterocycles. The zero-order valence-corrected chi connectivity index (χ0v) is 22.2. The largest absolute Gasteiger partial charge is 0.0730 e. The Hall–Kier alpha value is -1.48. The summed E-state index contributed by atoms with van der Waals surface area (Å²) in [5.41, 5.74) is 2.69. The molecule has 34 heavy (non-hydrogen) atoms. The Morgan fingerprint density at radius 2 is 1.35 bits per heavy atom. The van der Waals surface area contributed by atoms with E-state index in [0.29, 0.717) is 0 Å². The van der Waals surface area contributed by atoms with Gasteiger partial charge in [-0.2, -0.15) is 0 Å². The van der Waals surface area contributed by atoms with Crippen LogP contribution < -0.4 is 0 Å². The average Bonchev–Trinajstić information content (AvgIpc) is 2.91. The molecule has 0 unspecified atom stereocenters. The molecule has 186 valence electrons. The van der Waals surface area contributed by atoms with E-state index in [-0.39, 0.29) is 0 Å². The molecular weight excluding hydrogens is 408 g/mol. The van der Waals surface area contributed by atoms with E-state index in [4.69, 9.17) is 0 Å². The Morgan fingerprint density at radius 3 is 1.97 bits per heavy atom. The molecule has 0 aliphatic heterocycles. The summed E-state index contributed by atoms with van der Waals surface area (Å²) in [6.07, 6.45) is 27.5. The molecule has 0 nitrogen and oxygen atoms in total. The molecule has 0 saturated heterocycles. The van der Waals surface area contributed by atoms with E-state index in [1.165, 1.54) is 108 Å². The maximum Gasteiger partial charge on any atom is 0.0249 e. The van der Waals surface area contributed by atoms with Gasteiger partial charge in [-0.1, -0.05) is 82.4 Å². The third kappa shape index (κ3) is 7.51. The van der Waals surface area contributed by atoms with Crippen molar-refractivity contribution >= 4 is 0 Å². The highest BCUT2D eigenvalue weighted by Gasteiger charge is 2.30. The first kappa shape index (κ1) is 25.6. The fraction of sp³-hybridized carbons (Fsp3) is 0.706. The topological polar surface area (TPSA) is 0 Å². The maximum atomic E-state index is 3.37. The predicted molar refractivity (Wildman–Crippen MR) is 148 cm³/mol. The van der Waals surface area contributed by atoms with E-state index in [1.807, 2.05) is 0 Å². The van der Waals surface area contributed by atoms with Gasteiger partial charge in [-0.15, -0.1) is 0 Å². The summed E-state index contributed by atoms with van der Waals surface area (Å²) in [5, 5.41) is 0. The van der Waals surface area contributed by atoms with Crippen molar-refractivity contribution in [2.45, 2.75) is 122 Å². The minimum absolute atomic E-state index is 0.757. The van der Waals surface area contributed by atoms with Crippen LogP contribution in [0.4, 0.5) is 0 Å². The molecular formula is C34H50. The van der Waals surface area contributed by atoms with Gasteiger partial charge in [0, 0.05) is 5.56 Å². The van der Waals surface area contributed by atoms with Gasteiger partial charge < -0.3 is 0 Å². The molecule has 3 aliphatic carbocycles. The number of hydrogen-bond donors (Lipinski definition) is 0. The molecule has 3 saturated carbocycles. The summed E-state index contributed by atoms with van der Waals surface area (Å²) in [7, 11) is 0. The third-order valence-corrected chi connectivity index (χ3v) is 9.81. The molecule has 0 amide bonds. The second kappa shape index (κ2) is 13.6. The van der Waals surface area contributed by atoms with Crippen LogP contribution in [0, 0.1) is 41.4 Å². The fourth-order valence-corrected chi connectivity index (χ4v) is 7.30. The molecule has 0 bridgehead atoms. The monoisotopic (exact) mass is 458 g/mol. The second-order valence-electron chi connectivity index (χ2n) is 12.0. The van der Waals surface area contributed by atoms with Gasteiger partial charge in [0.25, 0.3) is 0 Å². The van der Waals surface area contributed by atoms with Crippen molar-refractivity contribution in [3.63, 3.8) is 0 Å². The fourth-order valence-electron chi connectivity index (χ4n) is 7.30. The average molecular weight is 459 g/mol. The number of allylic oxidation sites excluding steroid dienone is 2. The van der Waals surface area contributed by atoms with Gasteiger partial charge in [0.2, 0.25) is 0 Å². The molecule has 1 aromatic carbocycles. The van der Waals surface area contributed by atoms with Gasteiger partial charge in [0.15, 0.2) is 0 Å². The highest BCUT2D eigenvalue weighted by atomic mass is 14.4. The molecule has 0 spiro atoms.